The molecule has 2 heterocycles. The highest BCUT2D eigenvalue weighted by Crippen LogP contribution is 2.35. The predicted octanol–water partition coefficient (Wildman–Crippen LogP) is 4.94. The molecule has 0 radical (unpaired) electrons. The largest absolute Gasteiger partial charge is 0.417 e. The number of anilines is 1. The molecule has 0 spiro atoms. The molecular formula is C15H8ClF6N5O2. The molecule has 14 heteroatoms. The van der Waals surface area contributed by atoms with E-state index < -0.39 is 34.1 Å². The monoisotopic (exact) mass is 439 g/mol. The van der Waals surface area contributed by atoms with Crippen molar-refractivity contribution in [3.05, 3.63) is 62.6 Å². The van der Waals surface area contributed by atoms with Gasteiger partial charge in [0.1, 0.15) is 5.69 Å². The zero-order chi connectivity index (χ0) is 21.6. The van der Waals surface area contributed by atoms with Crippen LogP contribution >= 0.6 is 11.6 Å². The highest BCUT2D eigenvalue weighted by molar-refractivity contribution is 6.33. The van der Waals surface area contributed by atoms with Gasteiger partial charge in [0.2, 0.25) is 0 Å². The number of aromatic nitrogens is 3. The van der Waals surface area contributed by atoms with Crippen molar-refractivity contribution in [2.45, 2.75) is 18.9 Å². The molecule has 0 saturated carbocycles. The Morgan fingerprint density at radius 2 is 1.72 bits per heavy atom. The number of hydrogen-bond donors (Lipinski definition) is 1. The summed E-state index contributed by atoms with van der Waals surface area (Å²) in [5.41, 5.74) is -3.51. The first-order chi connectivity index (χ1) is 13.4. The van der Waals surface area contributed by atoms with Crippen LogP contribution in [0.15, 0.2) is 30.5 Å². The van der Waals surface area contributed by atoms with Crippen LogP contribution in [0.2, 0.25) is 5.02 Å². The summed E-state index contributed by atoms with van der Waals surface area (Å²) in [5.74, 6) is -0.0952. The van der Waals surface area contributed by atoms with Gasteiger partial charge in [-0.25, -0.2) is 0 Å². The molecule has 0 aliphatic carbocycles. The topological polar surface area (TPSA) is 85.4 Å². The maximum atomic E-state index is 13.0. The number of rotatable bonds is 4. The van der Waals surface area contributed by atoms with Crippen molar-refractivity contribution in [1.82, 2.24) is 14.6 Å². The van der Waals surface area contributed by atoms with Crippen LogP contribution in [0, 0.1) is 10.1 Å². The van der Waals surface area contributed by atoms with E-state index in [0.29, 0.717) is 24.4 Å². The summed E-state index contributed by atoms with van der Waals surface area (Å²) >= 11 is 5.79. The number of fused-ring (bicyclic) bond motifs is 1. The van der Waals surface area contributed by atoms with Crippen LogP contribution in [-0.2, 0) is 18.9 Å². The molecule has 3 aromatic rings. The molecule has 0 aliphatic heterocycles. The van der Waals surface area contributed by atoms with Crippen LogP contribution in [0.5, 0.6) is 0 Å². The Hall–Kier alpha value is -3.09. The Morgan fingerprint density at radius 3 is 2.31 bits per heavy atom. The van der Waals surface area contributed by atoms with Gasteiger partial charge in [-0.2, -0.15) is 26.3 Å². The lowest BCUT2D eigenvalue weighted by Crippen LogP contribution is -2.10. The lowest BCUT2D eigenvalue weighted by atomic mass is 10.1. The van der Waals surface area contributed by atoms with Gasteiger partial charge in [0, 0.05) is 12.3 Å². The van der Waals surface area contributed by atoms with E-state index in [1.165, 1.54) is 0 Å². The summed E-state index contributed by atoms with van der Waals surface area (Å²) in [6, 6.07) is 2.50. The number of halogens is 7. The van der Waals surface area contributed by atoms with E-state index in [0.717, 1.165) is 10.5 Å². The van der Waals surface area contributed by atoms with Gasteiger partial charge in [0.25, 0.3) is 5.69 Å². The summed E-state index contributed by atoms with van der Waals surface area (Å²) in [6.07, 6.45) is -8.78. The maximum absolute atomic E-state index is 13.0. The third-order valence-electron chi connectivity index (χ3n) is 3.82. The van der Waals surface area contributed by atoms with Crippen LogP contribution in [0.3, 0.4) is 0 Å². The molecule has 2 aromatic heterocycles. The van der Waals surface area contributed by atoms with Gasteiger partial charge >= 0.3 is 12.4 Å². The van der Waals surface area contributed by atoms with Crippen LogP contribution in [0.1, 0.15) is 17.0 Å². The molecule has 3 rings (SSSR count). The zero-order valence-corrected chi connectivity index (χ0v) is 14.6. The minimum absolute atomic E-state index is 0.0848. The maximum Gasteiger partial charge on any atom is 0.417 e. The Morgan fingerprint density at radius 1 is 1.07 bits per heavy atom. The van der Waals surface area contributed by atoms with Gasteiger partial charge in [-0.3, -0.25) is 14.5 Å². The first kappa shape index (κ1) is 20.6. The first-order valence-corrected chi connectivity index (χ1v) is 7.95. The van der Waals surface area contributed by atoms with Gasteiger partial charge in [-0.15, -0.1) is 10.2 Å². The number of nitro benzene ring substituents is 1. The van der Waals surface area contributed by atoms with Gasteiger partial charge in [0.05, 0.1) is 27.6 Å². The highest BCUT2D eigenvalue weighted by atomic mass is 35.5. The number of pyridine rings is 1. The van der Waals surface area contributed by atoms with E-state index in [1.807, 2.05) is 0 Å². The fourth-order valence-electron chi connectivity index (χ4n) is 2.46. The molecule has 0 fully saturated rings. The van der Waals surface area contributed by atoms with Crippen molar-refractivity contribution in [3.63, 3.8) is 0 Å². The van der Waals surface area contributed by atoms with E-state index in [9.17, 15) is 36.5 Å². The summed E-state index contributed by atoms with van der Waals surface area (Å²) in [6.45, 7) is -0.370. The van der Waals surface area contributed by atoms with E-state index >= 15 is 0 Å². The quantitative estimate of drug-likeness (QED) is 0.353. The molecule has 0 saturated heterocycles. The molecule has 0 atom stereocenters. The number of benzene rings is 1. The summed E-state index contributed by atoms with van der Waals surface area (Å²) in [7, 11) is 0. The number of alkyl halides is 6. The van der Waals surface area contributed by atoms with Gasteiger partial charge < -0.3 is 5.32 Å². The van der Waals surface area contributed by atoms with Crippen LogP contribution in [0.25, 0.3) is 5.65 Å². The fourth-order valence-corrected chi connectivity index (χ4v) is 2.70. The highest BCUT2D eigenvalue weighted by Gasteiger charge is 2.34. The van der Waals surface area contributed by atoms with E-state index in [2.05, 4.69) is 15.5 Å². The van der Waals surface area contributed by atoms with Crippen molar-refractivity contribution >= 4 is 28.6 Å². The molecular weight excluding hydrogens is 432 g/mol. The second-order valence-electron chi connectivity index (χ2n) is 5.72. The molecule has 0 bridgehead atoms. The molecule has 154 valence electrons. The molecule has 7 nitrogen and oxygen atoms in total. The second kappa shape index (κ2) is 7.06. The van der Waals surface area contributed by atoms with Crippen LogP contribution < -0.4 is 5.32 Å². The Balaban J connectivity index is 1.95. The van der Waals surface area contributed by atoms with Crippen LogP contribution in [-0.4, -0.2) is 19.5 Å². The number of nitro groups is 1. The first-order valence-electron chi connectivity index (χ1n) is 7.58. The number of nitrogens with one attached hydrogen (secondary N) is 1. The Bertz CT molecular complexity index is 1100. The third kappa shape index (κ3) is 4.18. The molecule has 0 aliphatic rings. The lowest BCUT2D eigenvalue weighted by molar-refractivity contribution is -0.384. The van der Waals surface area contributed by atoms with E-state index in [1.54, 1.807) is 0 Å². The Labute approximate surface area is 162 Å². The smallest absolute Gasteiger partial charge is 0.372 e. The fraction of sp³-hybridized carbons (Fsp3) is 0.200. The average molecular weight is 440 g/mol. The molecule has 1 N–H and O–H groups in total. The van der Waals surface area contributed by atoms with Gasteiger partial charge in [-0.1, -0.05) is 11.6 Å². The normalized spacial score (nSPS) is 12.4. The van der Waals surface area contributed by atoms with Gasteiger partial charge in [0.15, 0.2) is 11.5 Å². The van der Waals surface area contributed by atoms with Gasteiger partial charge in [-0.05, 0) is 18.2 Å². The number of hydrogen-bond acceptors (Lipinski definition) is 5. The lowest BCUT2D eigenvalue weighted by Gasteiger charge is -2.11. The predicted molar refractivity (Wildman–Crippen MR) is 88.4 cm³/mol. The molecule has 1 aromatic carbocycles. The van der Waals surface area contributed by atoms with Crippen molar-refractivity contribution in [2.75, 3.05) is 5.32 Å². The number of nitrogens with zero attached hydrogens (tertiary/aromatic N) is 4. The van der Waals surface area contributed by atoms with Crippen molar-refractivity contribution in [1.29, 1.82) is 0 Å². The minimum Gasteiger partial charge on any atom is -0.372 e. The summed E-state index contributed by atoms with van der Waals surface area (Å²) in [4.78, 5) is 10.1. The summed E-state index contributed by atoms with van der Waals surface area (Å²) < 4.78 is 78.1. The molecule has 29 heavy (non-hydrogen) atoms. The Kier molecular flexibility index (Phi) is 5.03. The van der Waals surface area contributed by atoms with Crippen LogP contribution in [0.4, 0.5) is 37.7 Å². The summed E-state index contributed by atoms with van der Waals surface area (Å²) in [5, 5.41) is 20.6. The SMILES string of the molecule is O=[N+]([O-])c1cc(C(F)(F)F)ccc1NCc1nnc2c(Cl)cc(C(F)(F)F)cn12. The van der Waals surface area contributed by atoms with Crippen molar-refractivity contribution < 1.29 is 31.3 Å². The standard InChI is InChI=1S/C15H8ClF6N5O2/c16-9-3-8(15(20,21)22)6-26-12(24-25-13(9)26)5-23-10-2-1-7(14(17,18)19)4-11(10)27(28)29/h1-4,6,23H,5H2. The zero-order valence-electron chi connectivity index (χ0n) is 13.8. The van der Waals surface area contributed by atoms with Crippen molar-refractivity contribution in [3.8, 4) is 0 Å². The average Bonchev–Trinajstić information content (AvgIpc) is 3.01. The van der Waals surface area contributed by atoms with E-state index in [4.69, 9.17) is 11.6 Å². The van der Waals surface area contributed by atoms with E-state index in [-0.39, 0.29) is 28.7 Å². The minimum atomic E-state index is -4.78. The molecule has 0 unspecified atom stereocenters. The van der Waals surface area contributed by atoms with Crippen molar-refractivity contribution in [2.24, 2.45) is 0 Å². The molecule has 0 amide bonds. The third-order valence-corrected chi connectivity index (χ3v) is 4.09. The second-order valence-corrected chi connectivity index (χ2v) is 6.13.